The summed E-state index contributed by atoms with van der Waals surface area (Å²) >= 11 is 0. The Balaban J connectivity index is 1.85. The number of likely N-dealkylation sites (tertiary alicyclic amines) is 1. The van der Waals surface area contributed by atoms with E-state index in [0.717, 1.165) is 0 Å². The van der Waals surface area contributed by atoms with Crippen molar-refractivity contribution in [3.63, 3.8) is 0 Å². The maximum atomic E-state index is 13.0. The molecule has 2 aromatic carbocycles. The first-order valence-electron chi connectivity index (χ1n) is 8.96. The normalized spacial score (nSPS) is 19.0. The van der Waals surface area contributed by atoms with E-state index < -0.39 is 11.4 Å². The molecule has 27 heavy (non-hydrogen) atoms. The van der Waals surface area contributed by atoms with Gasteiger partial charge in [0.2, 0.25) is 0 Å². The summed E-state index contributed by atoms with van der Waals surface area (Å²) in [4.78, 5) is 26.0. The molecule has 0 saturated carbocycles. The molecule has 1 saturated heterocycles. The van der Waals surface area contributed by atoms with Gasteiger partial charge in [-0.1, -0.05) is 24.3 Å². The van der Waals surface area contributed by atoms with Crippen LogP contribution < -0.4 is 9.47 Å². The molecule has 1 fully saturated rings. The Bertz CT molecular complexity index is 850. The molecule has 1 N–H and O–H groups in total. The molecule has 0 aromatic heterocycles. The largest absolute Gasteiger partial charge is 0.490 e. The van der Waals surface area contributed by atoms with Gasteiger partial charge in [0.25, 0.3) is 5.91 Å². The van der Waals surface area contributed by atoms with Crippen molar-refractivity contribution >= 4 is 11.9 Å². The number of nitrogens with zero attached hydrogens (tertiary/aromatic N) is 1. The number of carboxylic acid groups (broad SMARTS) is 1. The fraction of sp³-hybridized carbons (Fsp3) is 0.333. The van der Waals surface area contributed by atoms with Crippen LogP contribution in [0, 0.1) is 5.41 Å². The lowest BCUT2D eigenvalue weighted by molar-refractivity contribution is -0.147. The van der Waals surface area contributed by atoms with E-state index in [1.54, 1.807) is 42.2 Å². The van der Waals surface area contributed by atoms with Gasteiger partial charge in [0.1, 0.15) is 5.75 Å². The summed E-state index contributed by atoms with van der Waals surface area (Å²) in [5, 5.41) is 9.40. The Kier molecular flexibility index (Phi) is 5.35. The van der Waals surface area contributed by atoms with Gasteiger partial charge in [-0.15, -0.1) is 0 Å². The second-order valence-corrected chi connectivity index (χ2v) is 6.82. The lowest BCUT2D eigenvalue weighted by Crippen LogP contribution is -2.35. The Morgan fingerprint density at radius 2 is 1.70 bits per heavy atom. The zero-order valence-corrected chi connectivity index (χ0v) is 15.5. The first-order valence-corrected chi connectivity index (χ1v) is 8.96. The highest BCUT2D eigenvalue weighted by Crippen LogP contribution is 2.35. The predicted octanol–water partition coefficient (Wildman–Crippen LogP) is 3.81. The molecular weight excluding hydrogens is 346 g/mol. The molecule has 142 valence electrons. The van der Waals surface area contributed by atoms with Crippen molar-refractivity contribution in [2.75, 3.05) is 19.7 Å². The summed E-state index contributed by atoms with van der Waals surface area (Å²) in [6.45, 7) is 4.66. The van der Waals surface area contributed by atoms with Crippen molar-refractivity contribution in [3.05, 3.63) is 54.1 Å². The van der Waals surface area contributed by atoms with Crippen molar-refractivity contribution in [3.8, 4) is 17.2 Å². The number of benzene rings is 2. The van der Waals surface area contributed by atoms with Crippen molar-refractivity contribution in [2.45, 2.75) is 20.3 Å². The van der Waals surface area contributed by atoms with Crippen LogP contribution in [-0.4, -0.2) is 41.6 Å². The second-order valence-electron chi connectivity index (χ2n) is 6.82. The third-order valence-corrected chi connectivity index (χ3v) is 4.76. The van der Waals surface area contributed by atoms with Crippen LogP contribution in [0.1, 0.15) is 30.6 Å². The Morgan fingerprint density at radius 1 is 1.07 bits per heavy atom. The second kappa shape index (κ2) is 7.70. The lowest BCUT2D eigenvalue weighted by atomic mass is 9.90. The van der Waals surface area contributed by atoms with Gasteiger partial charge in [-0.2, -0.15) is 0 Å². The van der Waals surface area contributed by atoms with Crippen LogP contribution >= 0.6 is 0 Å². The molecule has 1 heterocycles. The van der Waals surface area contributed by atoms with E-state index in [4.69, 9.17) is 9.47 Å². The quantitative estimate of drug-likeness (QED) is 0.838. The highest BCUT2D eigenvalue weighted by atomic mass is 16.5. The maximum absolute atomic E-state index is 13.0. The number of rotatable bonds is 6. The minimum atomic E-state index is -0.910. The van der Waals surface area contributed by atoms with Gasteiger partial charge in [-0.25, -0.2) is 0 Å². The molecule has 0 spiro atoms. The Morgan fingerprint density at radius 3 is 2.33 bits per heavy atom. The molecule has 1 unspecified atom stereocenters. The molecule has 1 amide bonds. The minimum absolute atomic E-state index is 0.186. The van der Waals surface area contributed by atoms with E-state index in [1.165, 1.54) is 0 Å². The smallest absolute Gasteiger partial charge is 0.311 e. The number of aliphatic carboxylic acids is 1. The highest BCUT2D eigenvalue weighted by Gasteiger charge is 2.42. The molecule has 2 aromatic rings. The number of ether oxygens (including phenoxy) is 2. The van der Waals surface area contributed by atoms with Crippen LogP contribution in [0.15, 0.2) is 48.5 Å². The average Bonchev–Trinajstić information content (AvgIpc) is 3.07. The van der Waals surface area contributed by atoms with Crippen LogP contribution in [-0.2, 0) is 4.79 Å². The lowest BCUT2D eigenvalue weighted by Gasteiger charge is -2.21. The van der Waals surface area contributed by atoms with Crippen molar-refractivity contribution in [1.82, 2.24) is 4.90 Å². The zero-order chi connectivity index (χ0) is 19.4. The molecular formula is C21H23NO5. The summed E-state index contributed by atoms with van der Waals surface area (Å²) in [6, 6.07) is 14.3. The van der Waals surface area contributed by atoms with E-state index in [-0.39, 0.29) is 12.5 Å². The van der Waals surface area contributed by atoms with E-state index in [2.05, 4.69) is 0 Å². The van der Waals surface area contributed by atoms with Crippen molar-refractivity contribution in [2.24, 2.45) is 5.41 Å². The van der Waals surface area contributed by atoms with Crippen LogP contribution in [0.2, 0.25) is 0 Å². The molecule has 0 radical (unpaired) electrons. The number of hydrogen-bond acceptors (Lipinski definition) is 4. The summed E-state index contributed by atoms with van der Waals surface area (Å²) in [5.41, 5.74) is -0.508. The topological polar surface area (TPSA) is 76.1 Å². The molecule has 6 nitrogen and oxygen atoms in total. The zero-order valence-electron chi connectivity index (χ0n) is 15.5. The average molecular weight is 369 g/mol. The molecule has 0 bridgehead atoms. The van der Waals surface area contributed by atoms with Gasteiger partial charge in [-0.05, 0) is 44.5 Å². The van der Waals surface area contributed by atoms with Gasteiger partial charge < -0.3 is 19.5 Å². The molecule has 1 atom stereocenters. The fourth-order valence-electron chi connectivity index (χ4n) is 3.14. The molecule has 6 heteroatoms. The van der Waals surface area contributed by atoms with Gasteiger partial charge in [0.05, 0.1) is 17.6 Å². The van der Waals surface area contributed by atoms with Crippen molar-refractivity contribution in [1.29, 1.82) is 0 Å². The standard InChI is InChI=1S/C21H23NO5/c1-3-26-17-10-6-7-11-18(17)27-16-9-5-4-8-15(16)19(23)22-13-12-21(2,14-22)20(24)25/h4-11H,3,12-14H2,1-2H3,(H,24,25). The number of carbonyl (C=O) groups is 2. The highest BCUT2D eigenvalue weighted by molar-refractivity contribution is 5.97. The van der Waals surface area contributed by atoms with Crippen LogP contribution in [0.5, 0.6) is 17.2 Å². The molecule has 1 aliphatic heterocycles. The summed E-state index contributed by atoms with van der Waals surface area (Å²) < 4.78 is 11.6. The van der Waals surface area contributed by atoms with Crippen LogP contribution in [0.25, 0.3) is 0 Å². The van der Waals surface area contributed by atoms with E-state index >= 15 is 0 Å². The monoisotopic (exact) mass is 369 g/mol. The first kappa shape index (κ1) is 18.8. The summed E-state index contributed by atoms with van der Waals surface area (Å²) in [6.07, 6.45) is 0.435. The summed E-state index contributed by atoms with van der Waals surface area (Å²) in [5.74, 6) is 0.425. The van der Waals surface area contributed by atoms with Crippen LogP contribution in [0.3, 0.4) is 0 Å². The number of carboxylic acids is 1. The maximum Gasteiger partial charge on any atom is 0.311 e. The molecule has 1 aliphatic rings. The van der Waals surface area contributed by atoms with Gasteiger partial charge in [-0.3, -0.25) is 9.59 Å². The first-order chi connectivity index (χ1) is 12.9. The van der Waals surface area contributed by atoms with E-state index in [1.807, 2.05) is 25.1 Å². The fourth-order valence-corrected chi connectivity index (χ4v) is 3.14. The van der Waals surface area contributed by atoms with Gasteiger partial charge in [0.15, 0.2) is 11.5 Å². The van der Waals surface area contributed by atoms with Crippen molar-refractivity contribution < 1.29 is 24.2 Å². The van der Waals surface area contributed by atoms with Crippen LogP contribution in [0.4, 0.5) is 0 Å². The number of amides is 1. The Labute approximate surface area is 158 Å². The third kappa shape index (κ3) is 3.89. The number of hydrogen-bond donors (Lipinski definition) is 1. The SMILES string of the molecule is CCOc1ccccc1Oc1ccccc1C(=O)N1CCC(C)(C(=O)O)C1. The van der Waals surface area contributed by atoms with E-state index in [0.29, 0.717) is 42.4 Å². The minimum Gasteiger partial charge on any atom is -0.490 e. The molecule has 0 aliphatic carbocycles. The van der Waals surface area contributed by atoms with Gasteiger partial charge in [0, 0.05) is 13.1 Å². The number of carbonyl (C=O) groups excluding carboxylic acids is 1. The molecule has 3 rings (SSSR count). The predicted molar refractivity (Wildman–Crippen MR) is 100 cm³/mol. The Hall–Kier alpha value is -3.02. The number of para-hydroxylation sites is 3. The third-order valence-electron chi connectivity index (χ3n) is 4.76. The van der Waals surface area contributed by atoms with Gasteiger partial charge >= 0.3 is 5.97 Å². The summed E-state index contributed by atoms with van der Waals surface area (Å²) in [7, 11) is 0. The van der Waals surface area contributed by atoms with E-state index in [9.17, 15) is 14.7 Å².